The molecule has 0 aromatic heterocycles. The summed E-state index contributed by atoms with van der Waals surface area (Å²) in [5.41, 5.74) is -0.492. The highest BCUT2D eigenvalue weighted by Crippen LogP contribution is 2.37. The molecular formula is C17H33NO2. The van der Waals surface area contributed by atoms with Crippen LogP contribution in [-0.2, 0) is 4.79 Å². The third-order valence-corrected chi connectivity index (χ3v) is 5.03. The Bertz CT molecular complexity index is 283. The molecule has 118 valence electrons. The number of hydrogen-bond acceptors (Lipinski definition) is 2. The molecule has 1 fully saturated rings. The number of carbonyl (C=O) groups is 1. The van der Waals surface area contributed by atoms with Gasteiger partial charge in [-0.1, -0.05) is 46.0 Å². The molecule has 0 bridgehead atoms. The Hall–Kier alpha value is -0.570. The highest BCUT2D eigenvalue weighted by molar-refractivity contribution is 5.75. The molecule has 0 aliphatic heterocycles. The number of unbranched alkanes of at least 4 members (excludes halogenated alkanes) is 1. The van der Waals surface area contributed by atoms with Crippen LogP contribution in [0.3, 0.4) is 0 Å². The smallest absolute Gasteiger partial charge is 0.310 e. The van der Waals surface area contributed by atoms with Gasteiger partial charge < -0.3 is 5.11 Å². The molecule has 1 aliphatic rings. The monoisotopic (exact) mass is 283 g/mol. The van der Waals surface area contributed by atoms with E-state index in [0.29, 0.717) is 6.04 Å². The fourth-order valence-electron chi connectivity index (χ4n) is 3.31. The second kappa shape index (κ2) is 8.66. The van der Waals surface area contributed by atoms with Crippen molar-refractivity contribution >= 4 is 5.97 Å². The zero-order valence-corrected chi connectivity index (χ0v) is 13.7. The summed E-state index contributed by atoms with van der Waals surface area (Å²) in [7, 11) is 0. The number of nitrogens with zero attached hydrogens (tertiary/aromatic N) is 1. The van der Waals surface area contributed by atoms with Crippen molar-refractivity contribution < 1.29 is 9.90 Å². The normalized spacial score (nSPS) is 20.6. The molecule has 1 N–H and O–H groups in total. The van der Waals surface area contributed by atoms with Crippen molar-refractivity contribution in [3.8, 4) is 0 Å². The topological polar surface area (TPSA) is 40.5 Å². The standard InChI is InChI=1S/C17H33NO2/c1-4-6-13-18(15(3)5-2)14-17(16(19)20)11-9-7-8-10-12-17/h15H,4-14H2,1-3H3,(H,19,20). The van der Waals surface area contributed by atoms with Crippen LogP contribution in [0.2, 0.25) is 0 Å². The van der Waals surface area contributed by atoms with E-state index in [1.807, 2.05) is 0 Å². The fraction of sp³-hybridized carbons (Fsp3) is 0.941. The molecule has 20 heavy (non-hydrogen) atoms. The van der Waals surface area contributed by atoms with Gasteiger partial charge in [0.25, 0.3) is 0 Å². The molecule has 0 radical (unpaired) electrons. The van der Waals surface area contributed by atoms with Crippen LogP contribution in [0.15, 0.2) is 0 Å². The summed E-state index contributed by atoms with van der Waals surface area (Å²) in [5.74, 6) is -0.566. The summed E-state index contributed by atoms with van der Waals surface area (Å²) >= 11 is 0. The maximum atomic E-state index is 11.9. The first-order valence-corrected chi connectivity index (χ1v) is 8.53. The van der Waals surface area contributed by atoms with Crippen LogP contribution in [0.5, 0.6) is 0 Å². The number of aliphatic carboxylic acids is 1. The predicted molar refractivity (Wildman–Crippen MR) is 84.0 cm³/mol. The lowest BCUT2D eigenvalue weighted by atomic mass is 9.79. The second-order valence-electron chi connectivity index (χ2n) is 6.58. The predicted octanol–water partition coefficient (Wildman–Crippen LogP) is 4.31. The molecule has 0 amide bonds. The van der Waals surface area contributed by atoms with Gasteiger partial charge in [-0.25, -0.2) is 0 Å². The van der Waals surface area contributed by atoms with E-state index < -0.39 is 11.4 Å². The van der Waals surface area contributed by atoms with E-state index in [2.05, 4.69) is 25.7 Å². The molecule has 1 saturated carbocycles. The average molecular weight is 283 g/mol. The summed E-state index contributed by atoms with van der Waals surface area (Å²) < 4.78 is 0. The maximum Gasteiger partial charge on any atom is 0.310 e. The van der Waals surface area contributed by atoms with E-state index in [1.54, 1.807) is 0 Å². The molecule has 0 heterocycles. The van der Waals surface area contributed by atoms with Gasteiger partial charge >= 0.3 is 5.97 Å². The zero-order chi connectivity index (χ0) is 15.0. The molecule has 1 atom stereocenters. The van der Waals surface area contributed by atoms with Crippen LogP contribution in [0.25, 0.3) is 0 Å². The third-order valence-electron chi connectivity index (χ3n) is 5.03. The van der Waals surface area contributed by atoms with Gasteiger partial charge in [-0.05, 0) is 39.2 Å². The molecule has 0 aromatic carbocycles. The highest BCUT2D eigenvalue weighted by atomic mass is 16.4. The molecule has 3 nitrogen and oxygen atoms in total. The van der Waals surface area contributed by atoms with E-state index in [9.17, 15) is 9.90 Å². The number of carboxylic acid groups (broad SMARTS) is 1. The summed E-state index contributed by atoms with van der Waals surface area (Å²) in [6.45, 7) is 8.43. The minimum atomic E-state index is -0.566. The first kappa shape index (κ1) is 17.5. The van der Waals surface area contributed by atoms with Crippen LogP contribution in [0.1, 0.15) is 78.6 Å². The molecule has 1 rings (SSSR count). The Kier molecular flexibility index (Phi) is 7.57. The Labute approximate surface area is 124 Å². The lowest BCUT2D eigenvalue weighted by molar-refractivity contribution is -0.151. The van der Waals surface area contributed by atoms with Crippen molar-refractivity contribution in [2.75, 3.05) is 13.1 Å². The lowest BCUT2D eigenvalue weighted by Crippen LogP contribution is -2.46. The van der Waals surface area contributed by atoms with Gasteiger partial charge in [-0.15, -0.1) is 0 Å². The summed E-state index contributed by atoms with van der Waals surface area (Å²) in [6.07, 6.45) is 9.72. The Balaban J connectivity index is 2.80. The van der Waals surface area contributed by atoms with E-state index in [4.69, 9.17) is 0 Å². The van der Waals surface area contributed by atoms with Crippen LogP contribution >= 0.6 is 0 Å². The van der Waals surface area contributed by atoms with Crippen molar-refractivity contribution in [3.05, 3.63) is 0 Å². The molecular weight excluding hydrogens is 250 g/mol. The Morgan fingerprint density at radius 1 is 1.20 bits per heavy atom. The van der Waals surface area contributed by atoms with Gasteiger partial charge in [0.2, 0.25) is 0 Å². The fourth-order valence-corrected chi connectivity index (χ4v) is 3.31. The minimum absolute atomic E-state index is 0.487. The van der Waals surface area contributed by atoms with Gasteiger partial charge in [0.05, 0.1) is 5.41 Å². The van der Waals surface area contributed by atoms with E-state index in [1.165, 1.54) is 25.7 Å². The van der Waals surface area contributed by atoms with Crippen molar-refractivity contribution in [1.29, 1.82) is 0 Å². The zero-order valence-electron chi connectivity index (χ0n) is 13.7. The first-order chi connectivity index (χ1) is 9.55. The second-order valence-corrected chi connectivity index (χ2v) is 6.58. The van der Waals surface area contributed by atoms with Gasteiger partial charge in [-0.2, -0.15) is 0 Å². The number of hydrogen-bond donors (Lipinski definition) is 1. The highest BCUT2D eigenvalue weighted by Gasteiger charge is 2.40. The quantitative estimate of drug-likeness (QED) is 0.675. The minimum Gasteiger partial charge on any atom is -0.481 e. The Morgan fingerprint density at radius 3 is 2.25 bits per heavy atom. The molecule has 1 unspecified atom stereocenters. The number of carboxylic acids is 1. The van der Waals surface area contributed by atoms with E-state index in [-0.39, 0.29) is 0 Å². The van der Waals surface area contributed by atoms with Crippen LogP contribution in [-0.4, -0.2) is 35.1 Å². The summed E-state index contributed by atoms with van der Waals surface area (Å²) in [4.78, 5) is 14.4. The number of rotatable bonds is 8. The van der Waals surface area contributed by atoms with Crippen LogP contribution in [0, 0.1) is 5.41 Å². The van der Waals surface area contributed by atoms with E-state index >= 15 is 0 Å². The third kappa shape index (κ3) is 4.76. The van der Waals surface area contributed by atoms with Gasteiger partial charge in [0.15, 0.2) is 0 Å². The lowest BCUT2D eigenvalue weighted by Gasteiger charge is -2.37. The molecule has 1 aliphatic carbocycles. The first-order valence-electron chi connectivity index (χ1n) is 8.53. The van der Waals surface area contributed by atoms with E-state index in [0.717, 1.165) is 45.2 Å². The Morgan fingerprint density at radius 2 is 1.80 bits per heavy atom. The molecule has 0 aromatic rings. The van der Waals surface area contributed by atoms with Crippen molar-refractivity contribution in [2.24, 2.45) is 5.41 Å². The largest absolute Gasteiger partial charge is 0.481 e. The van der Waals surface area contributed by atoms with Gasteiger partial charge in [-0.3, -0.25) is 9.69 Å². The van der Waals surface area contributed by atoms with Crippen molar-refractivity contribution in [3.63, 3.8) is 0 Å². The molecule has 3 heteroatoms. The average Bonchev–Trinajstić information content (AvgIpc) is 2.69. The SMILES string of the molecule is CCCCN(CC1(C(=O)O)CCCCCC1)C(C)CC. The maximum absolute atomic E-state index is 11.9. The van der Waals surface area contributed by atoms with Crippen LogP contribution in [0.4, 0.5) is 0 Å². The molecule has 0 spiro atoms. The van der Waals surface area contributed by atoms with Crippen molar-refractivity contribution in [2.45, 2.75) is 84.6 Å². The van der Waals surface area contributed by atoms with Crippen molar-refractivity contribution in [1.82, 2.24) is 4.90 Å². The van der Waals surface area contributed by atoms with Crippen LogP contribution < -0.4 is 0 Å². The van der Waals surface area contributed by atoms with Gasteiger partial charge in [0, 0.05) is 12.6 Å². The summed E-state index contributed by atoms with van der Waals surface area (Å²) in [5, 5.41) is 9.82. The molecule has 0 saturated heterocycles. The van der Waals surface area contributed by atoms with Gasteiger partial charge in [0.1, 0.15) is 0 Å². The summed E-state index contributed by atoms with van der Waals surface area (Å²) in [6, 6.07) is 0.487.